The van der Waals surface area contributed by atoms with E-state index in [1.165, 1.54) is 0 Å². The highest BCUT2D eigenvalue weighted by atomic mass is 16.6. The summed E-state index contributed by atoms with van der Waals surface area (Å²) >= 11 is 0. The molecule has 0 fully saturated rings. The second kappa shape index (κ2) is 10.3. The van der Waals surface area contributed by atoms with E-state index in [4.69, 9.17) is 9.47 Å². The van der Waals surface area contributed by atoms with E-state index in [0.717, 1.165) is 0 Å². The van der Waals surface area contributed by atoms with Crippen LogP contribution in [0.3, 0.4) is 0 Å². The molecule has 0 aliphatic carbocycles. The van der Waals surface area contributed by atoms with Gasteiger partial charge in [0.25, 0.3) is 0 Å². The Morgan fingerprint density at radius 2 is 1.39 bits per heavy atom. The van der Waals surface area contributed by atoms with Crippen molar-refractivity contribution in [3.8, 4) is 0 Å². The third-order valence-electron chi connectivity index (χ3n) is 4.13. The van der Waals surface area contributed by atoms with Gasteiger partial charge in [0, 0.05) is 11.9 Å². The number of amides is 2. The highest BCUT2D eigenvalue weighted by Crippen LogP contribution is 2.25. The quantitative estimate of drug-likeness (QED) is 0.656. The van der Waals surface area contributed by atoms with Gasteiger partial charge in [-0.15, -0.1) is 0 Å². The second-order valence-electron chi connectivity index (χ2n) is 9.32. The van der Waals surface area contributed by atoms with Gasteiger partial charge in [0.15, 0.2) is 6.04 Å². The van der Waals surface area contributed by atoms with Crippen molar-refractivity contribution in [2.45, 2.75) is 58.8 Å². The number of rotatable bonds is 6. The lowest BCUT2D eigenvalue weighted by atomic mass is 10.2. The van der Waals surface area contributed by atoms with E-state index in [0.29, 0.717) is 16.4 Å². The number of carboxylic acids is 1. The Hall–Kier alpha value is -3.62. The molecule has 0 aliphatic rings. The van der Waals surface area contributed by atoms with Gasteiger partial charge in [0.2, 0.25) is 0 Å². The third kappa shape index (κ3) is 7.78. The van der Waals surface area contributed by atoms with Crippen LogP contribution in [0, 0.1) is 0 Å². The minimum atomic E-state index is -1.63. The molecule has 2 rings (SSSR count). The van der Waals surface area contributed by atoms with Crippen LogP contribution >= 0.6 is 0 Å². The molecule has 1 atom stereocenters. The molecule has 0 bridgehead atoms. The number of carboxylic acid groups (broad SMARTS) is 1. The summed E-state index contributed by atoms with van der Waals surface area (Å²) < 4.78 is 10.7. The highest BCUT2D eigenvalue weighted by molar-refractivity contribution is 5.94. The summed E-state index contributed by atoms with van der Waals surface area (Å²) in [5.74, 6) is -0.952. The molecule has 0 saturated heterocycles. The number of ether oxygens (including phenoxy) is 2. The van der Waals surface area contributed by atoms with Gasteiger partial charge >= 0.3 is 18.2 Å². The molecule has 0 radical (unpaired) electrons. The largest absolute Gasteiger partial charge is 0.480 e. The highest BCUT2D eigenvalue weighted by Gasteiger charge is 2.41. The smallest absolute Gasteiger partial charge is 0.420 e. The molecule has 1 aromatic heterocycles. The molecule has 0 aliphatic heterocycles. The van der Waals surface area contributed by atoms with Crippen molar-refractivity contribution in [2.75, 3.05) is 11.4 Å². The van der Waals surface area contributed by atoms with E-state index in [-0.39, 0.29) is 6.54 Å². The third-order valence-corrected chi connectivity index (χ3v) is 4.13. The molecule has 1 unspecified atom stereocenters. The molecule has 1 heterocycles. The van der Waals surface area contributed by atoms with Gasteiger partial charge < -0.3 is 19.5 Å². The van der Waals surface area contributed by atoms with E-state index in [1.807, 2.05) is 6.07 Å². The Morgan fingerprint density at radius 1 is 0.879 bits per heavy atom. The average Bonchev–Trinajstić information content (AvgIpc) is 2.69. The Bertz CT molecular complexity index is 884. The van der Waals surface area contributed by atoms with Crippen molar-refractivity contribution >= 4 is 29.7 Å². The number of pyridine rings is 1. The Labute approximate surface area is 193 Å². The van der Waals surface area contributed by atoms with Crippen molar-refractivity contribution in [2.24, 2.45) is 0 Å². The number of hydrogen-bond acceptors (Lipinski definition) is 7. The molecule has 1 aromatic carbocycles. The van der Waals surface area contributed by atoms with Crippen LogP contribution in [0.1, 0.15) is 41.5 Å². The number of aliphatic carboxylic acids is 1. The number of nitrogens with zero attached hydrogens (tertiary/aromatic N) is 3. The van der Waals surface area contributed by atoms with Crippen LogP contribution in [0.5, 0.6) is 0 Å². The summed E-state index contributed by atoms with van der Waals surface area (Å²) in [6, 6.07) is 12.5. The molecule has 33 heavy (non-hydrogen) atoms. The van der Waals surface area contributed by atoms with E-state index in [2.05, 4.69) is 4.98 Å². The number of aromatic nitrogens is 1. The first-order chi connectivity index (χ1) is 15.3. The lowest BCUT2D eigenvalue weighted by Crippen LogP contribution is -2.55. The van der Waals surface area contributed by atoms with Crippen LogP contribution in [0.4, 0.5) is 21.1 Å². The zero-order valence-electron chi connectivity index (χ0n) is 19.8. The maximum atomic E-state index is 13.0. The zero-order valence-corrected chi connectivity index (χ0v) is 19.8. The predicted molar refractivity (Wildman–Crippen MR) is 123 cm³/mol. The molecule has 0 spiro atoms. The van der Waals surface area contributed by atoms with Gasteiger partial charge in [0.1, 0.15) is 17.0 Å². The molecule has 1 N–H and O–H groups in total. The van der Waals surface area contributed by atoms with Crippen molar-refractivity contribution in [1.29, 1.82) is 0 Å². The lowest BCUT2D eigenvalue weighted by molar-refractivity contribution is -0.142. The van der Waals surface area contributed by atoms with E-state index < -0.39 is 35.4 Å². The maximum absolute atomic E-state index is 13.0. The second-order valence-corrected chi connectivity index (χ2v) is 9.32. The normalized spacial score (nSPS) is 12.4. The molecule has 178 valence electrons. The Kier molecular flexibility index (Phi) is 8.03. The molecule has 2 aromatic rings. The fourth-order valence-corrected chi connectivity index (χ4v) is 2.85. The zero-order chi connectivity index (χ0) is 24.8. The van der Waals surface area contributed by atoms with E-state index in [9.17, 15) is 19.5 Å². The van der Waals surface area contributed by atoms with Gasteiger partial charge in [-0.3, -0.25) is 0 Å². The van der Waals surface area contributed by atoms with Gasteiger partial charge in [-0.1, -0.05) is 24.3 Å². The summed E-state index contributed by atoms with van der Waals surface area (Å²) in [6.07, 6.45) is -0.656. The average molecular weight is 458 g/mol. The summed E-state index contributed by atoms with van der Waals surface area (Å²) in [4.78, 5) is 44.8. The van der Waals surface area contributed by atoms with Crippen LogP contribution in [0.25, 0.3) is 0 Å². The molecule has 9 heteroatoms. The van der Waals surface area contributed by atoms with Gasteiger partial charge in [-0.05, 0) is 65.8 Å². The van der Waals surface area contributed by atoms with Crippen LogP contribution in [0.15, 0.2) is 54.7 Å². The summed E-state index contributed by atoms with van der Waals surface area (Å²) in [7, 11) is 0. The minimum Gasteiger partial charge on any atom is -0.480 e. The molecular weight excluding hydrogens is 426 g/mol. The predicted octanol–water partition coefficient (Wildman–Crippen LogP) is 4.85. The number of benzene rings is 1. The topological polar surface area (TPSA) is 109 Å². The first-order valence-corrected chi connectivity index (χ1v) is 10.5. The first kappa shape index (κ1) is 25.6. The van der Waals surface area contributed by atoms with E-state index >= 15 is 0 Å². The number of imide groups is 1. The minimum absolute atomic E-state index is 0.283. The first-order valence-electron chi connectivity index (χ1n) is 10.5. The lowest BCUT2D eigenvalue weighted by Gasteiger charge is -2.34. The number of hydrogen-bond donors (Lipinski definition) is 1. The standard InChI is InChI=1S/C24H31N3O6/c1-23(2,3)32-21(30)27(22(31)33-24(4,5)6)18(20(28)29)16-26(17-12-8-7-9-13-17)19-14-10-11-15-25-19/h7-15,18H,16H2,1-6H3,(H,28,29). The molecule has 0 saturated carbocycles. The van der Waals surface area contributed by atoms with Crippen molar-refractivity contribution in [3.63, 3.8) is 0 Å². The summed E-state index contributed by atoms with van der Waals surface area (Å²) in [5, 5.41) is 10.1. The van der Waals surface area contributed by atoms with Crippen LogP contribution < -0.4 is 4.90 Å². The summed E-state index contributed by atoms with van der Waals surface area (Å²) in [6.45, 7) is 9.46. The molecule has 9 nitrogen and oxygen atoms in total. The fraction of sp³-hybridized carbons (Fsp3) is 0.417. The number of para-hydroxylation sites is 1. The molecule has 2 amide bonds. The van der Waals surface area contributed by atoms with Gasteiger partial charge in [-0.25, -0.2) is 19.4 Å². The van der Waals surface area contributed by atoms with Crippen molar-refractivity contribution < 1.29 is 29.0 Å². The summed E-state index contributed by atoms with van der Waals surface area (Å²) in [5.41, 5.74) is -1.28. The van der Waals surface area contributed by atoms with Crippen molar-refractivity contribution in [3.05, 3.63) is 54.7 Å². The van der Waals surface area contributed by atoms with Crippen LogP contribution in [0.2, 0.25) is 0 Å². The monoisotopic (exact) mass is 457 g/mol. The molecular formula is C24H31N3O6. The number of carbonyl (C=O) groups excluding carboxylic acids is 2. The number of carbonyl (C=O) groups is 3. The van der Waals surface area contributed by atoms with Crippen molar-refractivity contribution in [1.82, 2.24) is 9.88 Å². The fourth-order valence-electron chi connectivity index (χ4n) is 2.85. The van der Waals surface area contributed by atoms with Crippen LogP contribution in [-0.2, 0) is 14.3 Å². The van der Waals surface area contributed by atoms with Gasteiger partial charge in [-0.2, -0.15) is 4.90 Å². The van der Waals surface area contributed by atoms with Gasteiger partial charge in [0.05, 0.1) is 6.54 Å². The Morgan fingerprint density at radius 3 is 1.82 bits per heavy atom. The van der Waals surface area contributed by atoms with E-state index in [1.54, 1.807) is 95.1 Å². The Balaban J connectivity index is 2.52. The maximum Gasteiger partial charge on any atom is 0.420 e. The number of anilines is 2. The SMILES string of the molecule is CC(C)(C)OC(=O)N(C(=O)OC(C)(C)C)C(CN(c1ccccc1)c1ccccn1)C(=O)O. The van der Waals surface area contributed by atoms with Crippen LogP contribution in [-0.4, -0.2) is 56.9 Å².